The van der Waals surface area contributed by atoms with Gasteiger partial charge in [0.15, 0.2) is 0 Å². The van der Waals surface area contributed by atoms with E-state index in [1.165, 1.54) is 0 Å². The summed E-state index contributed by atoms with van der Waals surface area (Å²) in [5, 5.41) is 2.83. The Labute approximate surface area is 170 Å². The lowest BCUT2D eigenvalue weighted by molar-refractivity contribution is 0.0790. The molecule has 0 saturated carbocycles. The highest BCUT2D eigenvalue weighted by atomic mass is 16.5. The maximum absolute atomic E-state index is 12.8. The lowest BCUT2D eigenvalue weighted by atomic mass is 9.99. The van der Waals surface area contributed by atoms with Crippen LogP contribution in [0.25, 0.3) is 0 Å². The number of likely N-dealkylation sites (tertiary alicyclic amines) is 1. The number of carbonyl (C=O) groups is 2. The normalized spacial score (nSPS) is 16.0. The number of ether oxygens (including phenoxy) is 1. The van der Waals surface area contributed by atoms with Crippen molar-refractivity contribution < 1.29 is 14.3 Å². The van der Waals surface area contributed by atoms with E-state index in [1.54, 1.807) is 18.2 Å². The smallest absolute Gasteiger partial charge is 0.254 e. The van der Waals surface area contributed by atoms with E-state index < -0.39 is 0 Å². The minimum absolute atomic E-state index is 0.00100. The van der Waals surface area contributed by atoms with Gasteiger partial charge < -0.3 is 19.9 Å². The Morgan fingerprint density at radius 2 is 2.03 bits per heavy atom. The lowest BCUT2D eigenvalue weighted by Gasteiger charge is -2.19. The van der Waals surface area contributed by atoms with E-state index in [4.69, 9.17) is 4.74 Å². The highest BCUT2D eigenvalue weighted by molar-refractivity contribution is 5.96. The topological polar surface area (TPSA) is 87.7 Å². The van der Waals surface area contributed by atoms with Crippen LogP contribution in [-0.2, 0) is 4.74 Å². The fourth-order valence-electron chi connectivity index (χ4n) is 3.38. The Balaban J connectivity index is 1.81. The van der Waals surface area contributed by atoms with Crippen molar-refractivity contribution in [1.29, 1.82) is 0 Å². The van der Waals surface area contributed by atoms with Gasteiger partial charge in [-0.3, -0.25) is 9.59 Å². The van der Waals surface area contributed by atoms with Gasteiger partial charge in [0.2, 0.25) is 5.95 Å². The fourth-order valence-corrected chi connectivity index (χ4v) is 3.38. The molecule has 1 aromatic heterocycles. The molecule has 1 atom stereocenters. The highest BCUT2D eigenvalue weighted by Crippen LogP contribution is 2.30. The molecule has 3 rings (SSSR count). The Bertz CT molecular complexity index is 857. The number of nitrogens with zero attached hydrogens (tertiary/aromatic N) is 4. The molecule has 0 bridgehead atoms. The third kappa shape index (κ3) is 4.89. The molecule has 29 heavy (non-hydrogen) atoms. The van der Waals surface area contributed by atoms with Crippen LogP contribution in [0.1, 0.15) is 38.7 Å². The number of aromatic nitrogens is 2. The van der Waals surface area contributed by atoms with E-state index in [-0.39, 0.29) is 17.7 Å². The zero-order chi connectivity index (χ0) is 20.8. The van der Waals surface area contributed by atoms with Gasteiger partial charge in [0, 0.05) is 58.5 Å². The number of anilines is 1. The second kappa shape index (κ2) is 9.47. The molecule has 1 saturated heterocycles. The monoisotopic (exact) mass is 397 g/mol. The van der Waals surface area contributed by atoms with Crippen molar-refractivity contribution in [2.24, 2.45) is 0 Å². The van der Waals surface area contributed by atoms with E-state index in [0.717, 1.165) is 6.42 Å². The number of rotatable bonds is 7. The second-order valence-corrected chi connectivity index (χ2v) is 7.21. The van der Waals surface area contributed by atoms with Crippen molar-refractivity contribution in [2.45, 2.75) is 12.3 Å². The van der Waals surface area contributed by atoms with E-state index in [2.05, 4.69) is 15.3 Å². The summed E-state index contributed by atoms with van der Waals surface area (Å²) in [6.07, 6.45) is 2.32. The summed E-state index contributed by atoms with van der Waals surface area (Å²) in [5.74, 6) is 0.296. The zero-order valence-electron chi connectivity index (χ0n) is 17.1. The first-order valence-electron chi connectivity index (χ1n) is 9.67. The van der Waals surface area contributed by atoms with Gasteiger partial charge in [0.25, 0.3) is 11.8 Å². The van der Waals surface area contributed by atoms with Crippen LogP contribution in [0.15, 0.2) is 36.5 Å². The molecule has 1 aromatic carbocycles. The molecule has 0 radical (unpaired) electrons. The summed E-state index contributed by atoms with van der Waals surface area (Å²) < 4.78 is 4.99. The SMILES string of the molecule is COCCNC(=O)c1cnc(N(C)C)nc1C1CCN(C(=O)c2ccccc2)C1. The number of benzene rings is 1. The predicted molar refractivity (Wildman–Crippen MR) is 110 cm³/mol. The first kappa shape index (κ1) is 20.7. The van der Waals surface area contributed by atoms with Gasteiger partial charge in [-0.05, 0) is 18.6 Å². The summed E-state index contributed by atoms with van der Waals surface area (Å²) in [6, 6.07) is 9.24. The summed E-state index contributed by atoms with van der Waals surface area (Å²) in [4.78, 5) is 38.0. The Hall–Kier alpha value is -3.00. The first-order chi connectivity index (χ1) is 14.0. The zero-order valence-corrected chi connectivity index (χ0v) is 17.1. The third-order valence-electron chi connectivity index (χ3n) is 4.92. The Morgan fingerprint density at radius 3 is 2.72 bits per heavy atom. The summed E-state index contributed by atoms with van der Waals surface area (Å²) in [5.41, 5.74) is 1.80. The molecule has 0 spiro atoms. The summed E-state index contributed by atoms with van der Waals surface area (Å²) >= 11 is 0. The molecule has 8 nitrogen and oxygen atoms in total. The Morgan fingerprint density at radius 1 is 1.28 bits per heavy atom. The molecule has 1 aliphatic rings. The third-order valence-corrected chi connectivity index (χ3v) is 4.92. The number of amides is 2. The fraction of sp³-hybridized carbons (Fsp3) is 0.429. The molecular weight excluding hydrogens is 370 g/mol. The molecule has 1 N–H and O–H groups in total. The van der Waals surface area contributed by atoms with Gasteiger partial charge in [-0.15, -0.1) is 0 Å². The molecule has 0 aliphatic carbocycles. The molecule has 2 aromatic rings. The molecular formula is C21H27N5O3. The van der Waals surface area contributed by atoms with Crippen LogP contribution in [0.4, 0.5) is 5.95 Å². The Kier molecular flexibility index (Phi) is 6.77. The molecule has 1 aliphatic heterocycles. The van der Waals surface area contributed by atoms with Crippen molar-refractivity contribution in [3.8, 4) is 0 Å². The number of nitrogens with one attached hydrogen (secondary N) is 1. The van der Waals surface area contributed by atoms with Crippen LogP contribution in [0.5, 0.6) is 0 Å². The molecule has 2 amide bonds. The first-order valence-corrected chi connectivity index (χ1v) is 9.67. The lowest BCUT2D eigenvalue weighted by Crippen LogP contribution is -2.31. The van der Waals surface area contributed by atoms with Crippen LogP contribution in [-0.4, -0.2) is 74.1 Å². The second-order valence-electron chi connectivity index (χ2n) is 7.21. The number of hydrogen-bond acceptors (Lipinski definition) is 6. The number of methoxy groups -OCH3 is 1. The number of hydrogen-bond donors (Lipinski definition) is 1. The van der Waals surface area contributed by atoms with Crippen molar-refractivity contribution >= 4 is 17.8 Å². The van der Waals surface area contributed by atoms with Crippen molar-refractivity contribution in [3.63, 3.8) is 0 Å². The molecule has 8 heteroatoms. The average molecular weight is 397 g/mol. The van der Waals surface area contributed by atoms with E-state index in [9.17, 15) is 9.59 Å². The van der Waals surface area contributed by atoms with Crippen LogP contribution < -0.4 is 10.2 Å². The molecule has 1 unspecified atom stereocenters. The predicted octanol–water partition coefficient (Wildman–Crippen LogP) is 1.55. The quantitative estimate of drug-likeness (QED) is 0.714. The minimum atomic E-state index is -0.227. The van der Waals surface area contributed by atoms with Gasteiger partial charge >= 0.3 is 0 Å². The average Bonchev–Trinajstić information content (AvgIpc) is 3.23. The minimum Gasteiger partial charge on any atom is -0.383 e. The van der Waals surface area contributed by atoms with E-state index in [0.29, 0.717) is 49.0 Å². The summed E-state index contributed by atoms with van der Waals surface area (Å²) in [6.45, 7) is 1.99. The van der Waals surface area contributed by atoms with Gasteiger partial charge in [-0.25, -0.2) is 9.97 Å². The number of carbonyl (C=O) groups excluding carboxylic acids is 2. The molecule has 154 valence electrons. The maximum atomic E-state index is 12.8. The van der Waals surface area contributed by atoms with E-state index in [1.807, 2.05) is 49.3 Å². The van der Waals surface area contributed by atoms with Crippen molar-refractivity contribution in [3.05, 3.63) is 53.3 Å². The van der Waals surface area contributed by atoms with Crippen molar-refractivity contribution in [2.75, 3.05) is 52.3 Å². The molecule has 1 fully saturated rings. The van der Waals surface area contributed by atoms with Crippen LogP contribution in [0, 0.1) is 0 Å². The van der Waals surface area contributed by atoms with Crippen LogP contribution in [0.2, 0.25) is 0 Å². The van der Waals surface area contributed by atoms with Gasteiger partial charge in [-0.2, -0.15) is 0 Å². The van der Waals surface area contributed by atoms with Gasteiger partial charge in [0.05, 0.1) is 17.9 Å². The standard InChI is InChI=1S/C21H27N5O3/c1-25(2)21-23-13-17(19(27)22-10-12-29-3)18(24-21)16-9-11-26(14-16)20(28)15-7-5-4-6-8-15/h4-8,13,16H,9-12,14H2,1-3H3,(H,22,27). The largest absolute Gasteiger partial charge is 0.383 e. The highest BCUT2D eigenvalue weighted by Gasteiger charge is 2.32. The van der Waals surface area contributed by atoms with Crippen molar-refractivity contribution in [1.82, 2.24) is 20.2 Å². The maximum Gasteiger partial charge on any atom is 0.254 e. The van der Waals surface area contributed by atoms with Crippen LogP contribution in [0.3, 0.4) is 0 Å². The summed E-state index contributed by atoms with van der Waals surface area (Å²) in [7, 11) is 5.30. The molecule has 2 heterocycles. The van der Waals surface area contributed by atoms with E-state index >= 15 is 0 Å². The van der Waals surface area contributed by atoms with Gasteiger partial charge in [0.1, 0.15) is 0 Å². The van der Waals surface area contributed by atoms with Crippen LogP contribution >= 0.6 is 0 Å². The van der Waals surface area contributed by atoms with Gasteiger partial charge in [-0.1, -0.05) is 18.2 Å².